The molecule has 5 nitrogen and oxygen atoms in total. The molecule has 0 atom stereocenters. The van der Waals surface area contributed by atoms with Crippen LogP contribution in [0.1, 0.15) is 48.9 Å². The van der Waals surface area contributed by atoms with E-state index < -0.39 is 10.0 Å². The van der Waals surface area contributed by atoms with Gasteiger partial charge >= 0.3 is 0 Å². The van der Waals surface area contributed by atoms with E-state index in [0.29, 0.717) is 11.5 Å². The van der Waals surface area contributed by atoms with Crippen molar-refractivity contribution < 1.29 is 12.9 Å². The van der Waals surface area contributed by atoms with Gasteiger partial charge in [0, 0.05) is 6.54 Å². The molecule has 0 aliphatic carbocycles. The molecule has 0 aliphatic rings. The predicted molar refractivity (Wildman–Crippen MR) is 89.9 cm³/mol. The Bertz CT molecular complexity index is 795. The van der Waals surface area contributed by atoms with E-state index in [1.807, 2.05) is 19.1 Å². The number of hydrogen-bond donors (Lipinski definition) is 1. The highest BCUT2D eigenvalue weighted by Gasteiger charge is 2.24. The Labute approximate surface area is 138 Å². The van der Waals surface area contributed by atoms with E-state index >= 15 is 0 Å². The highest BCUT2D eigenvalue weighted by atomic mass is 32.2. The Morgan fingerprint density at radius 3 is 2.30 bits per heavy atom. The third-order valence-corrected chi connectivity index (χ3v) is 5.54. The van der Waals surface area contributed by atoms with E-state index in [1.165, 1.54) is 5.56 Å². The number of sulfonamides is 1. The molecule has 0 aliphatic heterocycles. The first-order valence-corrected chi connectivity index (χ1v) is 9.03. The summed E-state index contributed by atoms with van der Waals surface area (Å²) in [6, 6.07) is 6.14. The summed E-state index contributed by atoms with van der Waals surface area (Å²) in [6.07, 6.45) is 0. The first-order chi connectivity index (χ1) is 10.5. The van der Waals surface area contributed by atoms with Gasteiger partial charge in [-0.15, -0.1) is 0 Å². The largest absolute Gasteiger partial charge is 0.360 e. The van der Waals surface area contributed by atoms with Crippen molar-refractivity contribution in [2.75, 3.05) is 0 Å². The molecule has 23 heavy (non-hydrogen) atoms. The van der Waals surface area contributed by atoms with E-state index in [2.05, 4.69) is 36.7 Å². The average Bonchev–Trinajstić information content (AvgIpc) is 2.76. The standard InChI is InChI=1S/C17H24N2O3S/c1-11-9-15(17(4,5)6)8-7-14(11)10-18-23(20,21)16-12(2)19-22-13(16)3/h7-9,18H,10H2,1-6H3. The number of benzene rings is 1. The molecule has 0 bridgehead atoms. The minimum atomic E-state index is -3.64. The maximum Gasteiger partial charge on any atom is 0.246 e. The second-order valence-corrected chi connectivity index (χ2v) is 8.57. The third kappa shape index (κ3) is 3.82. The van der Waals surface area contributed by atoms with Crippen LogP contribution in [0.25, 0.3) is 0 Å². The second kappa shape index (κ2) is 6.09. The Balaban J connectivity index is 2.21. The summed E-state index contributed by atoms with van der Waals surface area (Å²) in [7, 11) is -3.64. The van der Waals surface area contributed by atoms with Crippen LogP contribution in [0.3, 0.4) is 0 Å². The van der Waals surface area contributed by atoms with E-state index in [4.69, 9.17) is 4.52 Å². The number of nitrogens with one attached hydrogen (secondary N) is 1. The zero-order valence-electron chi connectivity index (χ0n) is 14.5. The lowest BCUT2D eigenvalue weighted by molar-refractivity contribution is 0.390. The number of rotatable bonds is 4. The van der Waals surface area contributed by atoms with Crippen LogP contribution in [0.2, 0.25) is 0 Å². The highest BCUT2D eigenvalue weighted by Crippen LogP contribution is 2.25. The molecule has 0 amide bonds. The van der Waals surface area contributed by atoms with Crippen molar-refractivity contribution in [3.8, 4) is 0 Å². The van der Waals surface area contributed by atoms with Crippen LogP contribution < -0.4 is 4.72 Å². The van der Waals surface area contributed by atoms with Gasteiger partial charge in [-0.05, 0) is 42.9 Å². The zero-order valence-corrected chi connectivity index (χ0v) is 15.3. The number of aryl methyl sites for hydroxylation is 3. The molecule has 126 valence electrons. The molecular weight excluding hydrogens is 312 g/mol. The Morgan fingerprint density at radius 1 is 1.17 bits per heavy atom. The number of nitrogens with zero attached hydrogens (tertiary/aromatic N) is 1. The molecule has 1 aromatic heterocycles. The van der Waals surface area contributed by atoms with Crippen molar-refractivity contribution in [3.05, 3.63) is 46.3 Å². The van der Waals surface area contributed by atoms with Gasteiger partial charge in [-0.1, -0.05) is 44.1 Å². The smallest absolute Gasteiger partial charge is 0.246 e. The van der Waals surface area contributed by atoms with E-state index in [1.54, 1.807) is 13.8 Å². The minimum Gasteiger partial charge on any atom is -0.360 e. The molecular formula is C17H24N2O3S. The van der Waals surface area contributed by atoms with Gasteiger partial charge < -0.3 is 4.52 Å². The van der Waals surface area contributed by atoms with Crippen molar-refractivity contribution in [1.82, 2.24) is 9.88 Å². The summed E-state index contributed by atoms with van der Waals surface area (Å²) in [4.78, 5) is 0.126. The van der Waals surface area contributed by atoms with Crippen molar-refractivity contribution in [3.63, 3.8) is 0 Å². The lowest BCUT2D eigenvalue weighted by Crippen LogP contribution is -2.24. The van der Waals surface area contributed by atoms with Gasteiger partial charge in [0.15, 0.2) is 5.76 Å². The molecule has 2 aromatic rings. The van der Waals surface area contributed by atoms with Crippen LogP contribution in [0.5, 0.6) is 0 Å². The number of aromatic nitrogens is 1. The maximum absolute atomic E-state index is 12.4. The molecule has 2 rings (SSSR count). The molecule has 1 heterocycles. The summed E-state index contributed by atoms with van der Waals surface area (Å²) in [6.45, 7) is 11.9. The quantitative estimate of drug-likeness (QED) is 0.929. The van der Waals surface area contributed by atoms with E-state index in [9.17, 15) is 8.42 Å². The molecule has 0 fully saturated rings. The van der Waals surface area contributed by atoms with Gasteiger partial charge in [0.2, 0.25) is 10.0 Å². The van der Waals surface area contributed by atoms with Gasteiger partial charge in [0.05, 0.1) is 0 Å². The third-order valence-electron chi connectivity index (χ3n) is 3.90. The predicted octanol–water partition coefficient (Wildman–Crippen LogP) is 3.38. The van der Waals surface area contributed by atoms with E-state index in [-0.39, 0.29) is 16.9 Å². The molecule has 1 aromatic carbocycles. The lowest BCUT2D eigenvalue weighted by Gasteiger charge is -2.20. The Hall–Kier alpha value is -1.66. The fourth-order valence-electron chi connectivity index (χ4n) is 2.46. The first kappa shape index (κ1) is 17.7. The van der Waals surface area contributed by atoms with Gasteiger partial charge in [0.1, 0.15) is 10.6 Å². The van der Waals surface area contributed by atoms with Crippen LogP contribution in [0, 0.1) is 20.8 Å². The van der Waals surface area contributed by atoms with Crippen molar-refractivity contribution >= 4 is 10.0 Å². The lowest BCUT2D eigenvalue weighted by atomic mass is 9.85. The molecule has 0 radical (unpaired) electrons. The fourth-order valence-corrected chi connectivity index (χ4v) is 3.80. The average molecular weight is 336 g/mol. The van der Waals surface area contributed by atoms with E-state index in [0.717, 1.165) is 11.1 Å². The van der Waals surface area contributed by atoms with Gasteiger partial charge in [-0.25, -0.2) is 13.1 Å². The molecule has 0 saturated heterocycles. The maximum atomic E-state index is 12.4. The SMILES string of the molecule is Cc1cc(C(C)(C)C)ccc1CNS(=O)(=O)c1c(C)noc1C. The first-order valence-electron chi connectivity index (χ1n) is 7.55. The summed E-state index contributed by atoms with van der Waals surface area (Å²) in [5, 5.41) is 3.70. The van der Waals surface area contributed by atoms with Gasteiger partial charge in [-0.3, -0.25) is 0 Å². The second-order valence-electron chi connectivity index (χ2n) is 6.87. The molecule has 0 unspecified atom stereocenters. The Kier molecular flexibility index (Phi) is 4.69. The summed E-state index contributed by atoms with van der Waals surface area (Å²) >= 11 is 0. The minimum absolute atomic E-state index is 0.0689. The zero-order chi connectivity index (χ0) is 17.4. The van der Waals surface area contributed by atoms with Gasteiger partial charge in [0.25, 0.3) is 0 Å². The van der Waals surface area contributed by atoms with Crippen LogP contribution in [-0.4, -0.2) is 13.6 Å². The van der Waals surface area contributed by atoms with Crippen molar-refractivity contribution in [2.45, 2.75) is 58.4 Å². The van der Waals surface area contributed by atoms with Crippen molar-refractivity contribution in [2.24, 2.45) is 0 Å². The fraction of sp³-hybridized carbons (Fsp3) is 0.471. The molecule has 6 heteroatoms. The van der Waals surface area contributed by atoms with Crippen molar-refractivity contribution in [1.29, 1.82) is 0 Å². The van der Waals surface area contributed by atoms with Crippen LogP contribution in [-0.2, 0) is 22.0 Å². The highest BCUT2D eigenvalue weighted by molar-refractivity contribution is 7.89. The van der Waals surface area contributed by atoms with Crippen LogP contribution in [0.15, 0.2) is 27.6 Å². The summed E-state index contributed by atoms with van der Waals surface area (Å²) in [5.74, 6) is 0.301. The summed E-state index contributed by atoms with van der Waals surface area (Å²) < 4.78 is 32.4. The number of hydrogen-bond acceptors (Lipinski definition) is 4. The molecule has 1 N–H and O–H groups in total. The molecule has 0 spiro atoms. The summed E-state index contributed by atoms with van der Waals surface area (Å²) in [5.41, 5.74) is 3.69. The van der Waals surface area contributed by atoms with Crippen LogP contribution in [0.4, 0.5) is 0 Å². The Morgan fingerprint density at radius 2 is 1.83 bits per heavy atom. The molecule has 0 saturated carbocycles. The van der Waals surface area contributed by atoms with Gasteiger partial charge in [-0.2, -0.15) is 0 Å². The van der Waals surface area contributed by atoms with Crippen LogP contribution >= 0.6 is 0 Å². The topological polar surface area (TPSA) is 72.2 Å². The normalized spacial score (nSPS) is 12.6. The monoisotopic (exact) mass is 336 g/mol.